The molecule has 3 fully saturated rings. The molecule has 8 heteroatoms. The number of carbonyl (C=O) groups is 3. The fourth-order valence-corrected chi connectivity index (χ4v) is 5.27. The fraction of sp³-hybridized carbons (Fsp3) is 0.565. The molecule has 2 heterocycles. The molecule has 1 atom stereocenters. The zero-order valence-electron chi connectivity index (χ0n) is 17.6. The van der Waals surface area contributed by atoms with Gasteiger partial charge in [0.1, 0.15) is 5.25 Å². The molecule has 1 saturated heterocycles. The highest BCUT2D eigenvalue weighted by Gasteiger charge is 2.37. The minimum absolute atomic E-state index is 0.0896. The van der Waals surface area contributed by atoms with Crippen molar-refractivity contribution >= 4 is 40.3 Å². The van der Waals surface area contributed by atoms with E-state index in [2.05, 4.69) is 15.2 Å². The highest BCUT2D eigenvalue weighted by Crippen LogP contribution is 2.35. The van der Waals surface area contributed by atoms with Crippen LogP contribution in [0.5, 0.6) is 0 Å². The summed E-state index contributed by atoms with van der Waals surface area (Å²) in [6.07, 6.45) is 7.01. The third kappa shape index (κ3) is 4.95. The van der Waals surface area contributed by atoms with E-state index in [9.17, 15) is 14.4 Å². The Hall–Kier alpha value is -2.35. The van der Waals surface area contributed by atoms with Gasteiger partial charge < -0.3 is 15.1 Å². The van der Waals surface area contributed by atoms with Gasteiger partial charge in [0.15, 0.2) is 5.17 Å². The van der Waals surface area contributed by atoms with Crippen molar-refractivity contribution in [2.45, 2.75) is 56.2 Å². The lowest BCUT2D eigenvalue weighted by Crippen LogP contribution is -2.34. The second-order valence-corrected chi connectivity index (χ2v) is 10.2. The van der Waals surface area contributed by atoms with Gasteiger partial charge in [0, 0.05) is 43.3 Å². The van der Waals surface area contributed by atoms with E-state index < -0.39 is 5.25 Å². The molecule has 5 rings (SSSR count). The van der Waals surface area contributed by atoms with E-state index in [4.69, 9.17) is 0 Å². The number of amidine groups is 1. The number of aliphatic imine (C=N–C) groups is 1. The van der Waals surface area contributed by atoms with Crippen LogP contribution in [0.2, 0.25) is 0 Å². The van der Waals surface area contributed by atoms with Gasteiger partial charge in [0.05, 0.1) is 0 Å². The number of hydrogen-bond donors (Lipinski definition) is 1. The van der Waals surface area contributed by atoms with E-state index in [0.29, 0.717) is 23.2 Å². The van der Waals surface area contributed by atoms with Gasteiger partial charge in [-0.05, 0) is 68.7 Å². The molecule has 31 heavy (non-hydrogen) atoms. The average Bonchev–Trinajstić information content (AvgIpc) is 3.68. The van der Waals surface area contributed by atoms with Crippen molar-refractivity contribution < 1.29 is 14.4 Å². The Morgan fingerprint density at radius 3 is 2.45 bits per heavy atom. The topological polar surface area (TPSA) is 82.1 Å². The Kier molecular flexibility index (Phi) is 5.73. The number of hydrogen-bond acceptors (Lipinski definition) is 5. The van der Waals surface area contributed by atoms with Gasteiger partial charge in [-0.3, -0.25) is 14.4 Å². The summed E-state index contributed by atoms with van der Waals surface area (Å²) in [6, 6.07) is 7.50. The smallest absolute Gasteiger partial charge is 0.262 e. The van der Waals surface area contributed by atoms with E-state index in [1.165, 1.54) is 24.6 Å². The van der Waals surface area contributed by atoms with Crippen molar-refractivity contribution in [2.24, 2.45) is 10.9 Å². The summed E-state index contributed by atoms with van der Waals surface area (Å²) in [5, 5.41) is 3.16. The van der Waals surface area contributed by atoms with Gasteiger partial charge in [-0.25, -0.2) is 0 Å². The molecule has 1 N–H and O–H groups in total. The van der Waals surface area contributed by atoms with E-state index in [1.54, 1.807) is 24.3 Å². The number of anilines is 1. The van der Waals surface area contributed by atoms with Crippen molar-refractivity contribution in [1.82, 2.24) is 9.80 Å². The lowest BCUT2D eigenvalue weighted by atomic mass is 10.1. The first-order valence-corrected chi connectivity index (χ1v) is 12.2. The maximum Gasteiger partial charge on any atom is 0.262 e. The number of benzene rings is 1. The summed E-state index contributed by atoms with van der Waals surface area (Å²) < 4.78 is 0. The molecule has 2 aliphatic carbocycles. The second-order valence-electron chi connectivity index (χ2n) is 8.99. The highest BCUT2D eigenvalue weighted by atomic mass is 32.2. The fourth-order valence-electron chi connectivity index (χ4n) is 4.16. The van der Waals surface area contributed by atoms with E-state index in [1.807, 2.05) is 4.90 Å². The lowest BCUT2D eigenvalue weighted by molar-refractivity contribution is -0.121. The van der Waals surface area contributed by atoms with Crippen molar-refractivity contribution in [2.75, 3.05) is 25.0 Å². The third-order valence-corrected chi connectivity index (χ3v) is 7.51. The van der Waals surface area contributed by atoms with Gasteiger partial charge in [0.25, 0.3) is 11.8 Å². The predicted octanol–water partition coefficient (Wildman–Crippen LogP) is 3.12. The number of amides is 3. The summed E-state index contributed by atoms with van der Waals surface area (Å²) in [4.78, 5) is 45.9. The van der Waals surface area contributed by atoms with Crippen LogP contribution in [0.15, 0.2) is 29.3 Å². The molecule has 3 amide bonds. The van der Waals surface area contributed by atoms with Gasteiger partial charge in [-0.15, -0.1) is 0 Å². The van der Waals surface area contributed by atoms with Crippen LogP contribution in [-0.2, 0) is 9.59 Å². The largest absolute Gasteiger partial charge is 0.351 e. The molecule has 1 aromatic rings. The molecule has 0 radical (unpaired) electrons. The average molecular weight is 441 g/mol. The van der Waals surface area contributed by atoms with Crippen LogP contribution >= 0.6 is 11.8 Å². The van der Waals surface area contributed by atoms with Crippen LogP contribution in [-0.4, -0.2) is 63.6 Å². The maximum absolute atomic E-state index is 12.9. The number of likely N-dealkylation sites (tertiary alicyclic amines) is 1. The molecule has 164 valence electrons. The molecule has 0 aromatic heterocycles. The van der Waals surface area contributed by atoms with E-state index in [-0.39, 0.29) is 24.1 Å². The van der Waals surface area contributed by atoms with E-state index in [0.717, 1.165) is 50.5 Å². The minimum atomic E-state index is -0.453. The number of carbonyl (C=O) groups excluding carboxylic acids is 3. The van der Waals surface area contributed by atoms with Crippen LogP contribution < -0.4 is 5.32 Å². The number of rotatable bonds is 7. The van der Waals surface area contributed by atoms with Gasteiger partial charge in [-0.1, -0.05) is 11.8 Å². The first kappa shape index (κ1) is 20.5. The van der Waals surface area contributed by atoms with Crippen molar-refractivity contribution in [3.05, 3.63) is 29.8 Å². The molecular formula is C23H28N4O3S. The van der Waals surface area contributed by atoms with Crippen molar-refractivity contribution in [1.29, 1.82) is 0 Å². The summed E-state index contributed by atoms with van der Waals surface area (Å²) >= 11 is 1.40. The summed E-state index contributed by atoms with van der Waals surface area (Å²) in [5.74, 6) is 0.330. The number of nitrogens with zero attached hydrogens (tertiary/aromatic N) is 3. The van der Waals surface area contributed by atoms with Gasteiger partial charge in [0.2, 0.25) is 5.91 Å². The highest BCUT2D eigenvalue weighted by molar-refractivity contribution is 8.15. The molecule has 1 unspecified atom stereocenters. The maximum atomic E-state index is 12.9. The monoisotopic (exact) mass is 440 g/mol. The Morgan fingerprint density at radius 2 is 1.81 bits per heavy atom. The molecule has 1 aromatic carbocycles. The Labute approximate surface area is 186 Å². The standard InChI is InChI=1S/C23H28N4O3S/c28-20(13-19-21(29)25-23(31-19)26-11-1-2-12-26)24-17-7-5-16(6-8-17)22(30)27(18-9-10-18)14-15-3-4-15/h5-8,15,18-19H,1-4,9-14H2,(H,24,28). The molecule has 2 aliphatic heterocycles. The van der Waals surface area contributed by atoms with Crippen LogP contribution in [0.4, 0.5) is 5.69 Å². The molecular weight excluding hydrogens is 412 g/mol. The van der Waals surface area contributed by atoms with Crippen LogP contribution in [0.3, 0.4) is 0 Å². The quantitative estimate of drug-likeness (QED) is 0.705. The SMILES string of the molecule is O=C(CC1SC(N2CCCC2)=NC1=O)Nc1ccc(C(=O)N(CC2CC2)C2CC2)cc1. The minimum Gasteiger partial charge on any atom is -0.351 e. The van der Waals surface area contributed by atoms with Crippen LogP contribution in [0.25, 0.3) is 0 Å². The molecule has 0 bridgehead atoms. The molecule has 4 aliphatic rings. The molecule has 2 saturated carbocycles. The summed E-state index contributed by atoms with van der Waals surface area (Å²) in [5.41, 5.74) is 1.30. The van der Waals surface area contributed by atoms with E-state index >= 15 is 0 Å². The summed E-state index contributed by atoms with van der Waals surface area (Å²) in [7, 11) is 0. The second kappa shape index (κ2) is 8.65. The van der Waals surface area contributed by atoms with Crippen molar-refractivity contribution in [3.63, 3.8) is 0 Å². The van der Waals surface area contributed by atoms with Gasteiger partial charge in [-0.2, -0.15) is 4.99 Å². The molecule has 0 spiro atoms. The third-order valence-electron chi connectivity index (χ3n) is 6.29. The zero-order valence-corrected chi connectivity index (χ0v) is 18.4. The normalized spacial score (nSPS) is 23.1. The lowest BCUT2D eigenvalue weighted by Gasteiger charge is -2.22. The first-order chi connectivity index (χ1) is 15.1. The van der Waals surface area contributed by atoms with Crippen molar-refractivity contribution in [3.8, 4) is 0 Å². The predicted molar refractivity (Wildman–Crippen MR) is 121 cm³/mol. The van der Waals surface area contributed by atoms with Gasteiger partial charge >= 0.3 is 0 Å². The first-order valence-electron chi connectivity index (χ1n) is 11.3. The summed E-state index contributed by atoms with van der Waals surface area (Å²) in [6.45, 7) is 2.74. The Bertz CT molecular complexity index is 902. The zero-order chi connectivity index (χ0) is 21.4. The van der Waals surface area contributed by atoms with Crippen LogP contribution in [0.1, 0.15) is 55.3 Å². The number of thioether (sulfide) groups is 1. The number of nitrogens with one attached hydrogen (secondary N) is 1. The Morgan fingerprint density at radius 1 is 1.10 bits per heavy atom. The Balaban J connectivity index is 1.14. The molecule has 7 nitrogen and oxygen atoms in total. The van der Waals surface area contributed by atoms with Crippen LogP contribution in [0, 0.1) is 5.92 Å².